The highest BCUT2D eigenvalue weighted by atomic mass is 35.5. The van der Waals surface area contributed by atoms with E-state index in [0.717, 1.165) is 16.8 Å². The molecule has 0 fully saturated rings. The van der Waals surface area contributed by atoms with E-state index in [2.05, 4.69) is 15.0 Å². The predicted molar refractivity (Wildman–Crippen MR) is 143 cm³/mol. The quantitative estimate of drug-likeness (QED) is 0.363. The molecule has 0 aliphatic rings. The Morgan fingerprint density at radius 3 is 2.30 bits per heavy atom. The van der Waals surface area contributed by atoms with E-state index in [1.54, 1.807) is 55.3 Å². The van der Waals surface area contributed by atoms with Crippen LogP contribution in [0.25, 0.3) is 0 Å². The molecule has 2 N–H and O–H groups in total. The summed E-state index contributed by atoms with van der Waals surface area (Å²) in [4.78, 5) is 32.2. The number of nitrogens with one attached hydrogen (secondary N) is 2. The molecule has 2 amide bonds. The number of rotatable bonds is 12. The summed E-state index contributed by atoms with van der Waals surface area (Å²) in [6.45, 7) is 4.22. The molecule has 0 saturated heterocycles. The first kappa shape index (κ1) is 28.3. The molecule has 0 radical (unpaired) electrons. The van der Waals surface area contributed by atoms with Gasteiger partial charge in [-0.05, 0) is 60.9 Å². The number of hydrogen-bond acceptors (Lipinski definition) is 5. The van der Waals surface area contributed by atoms with Gasteiger partial charge in [-0.15, -0.1) is 0 Å². The highest BCUT2D eigenvalue weighted by molar-refractivity contribution is 7.89. The number of benzene rings is 2. The van der Waals surface area contributed by atoms with Gasteiger partial charge < -0.3 is 10.2 Å². The van der Waals surface area contributed by atoms with Gasteiger partial charge in [0.15, 0.2) is 0 Å². The third kappa shape index (κ3) is 8.38. The van der Waals surface area contributed by atoms with Gasteiger partial charge >= 0.3 is 0 Å². The highest BCUT2D eigenvalue weighted by Gasteiger charge is 2.26. The van der Waals surface area contributed by atoms with Gasteiger partial charge in [-0.25, -0.2) is 13.1 Å². The molecule has 196 valence electrons. The molecule has 3 aromatic rings. The number of pyridine rings is 1. The van der Waals surface area contributed by atoms with Crippen LogP contribution >= 0.6 is 11.6 Å². The number of carbonyl (C=O) groups excluding carboxylic acids is 2. The van der Waals surface area contributed by atoms with Crippen molar-refractivity contribution >= 4 is 33.4 Å². The van der Waals surface area contributed by atoms with Crippen LogP contribution in [-0.2, 0) is 39.1 Å². The Hall–Kier alpha value is -3.27. The monoisotopic (exact) mass is 542 g/mol. The fourth-order valence-corrected chi connectivity index (χ4v) is 4.87. The molecule has 0 bridgehead atoms. The Morgan fingerprint density at radius 2 is 1.68 bits per heavy atom. The largest absolute Gasteiger partial charge is 0.349 e. The van der Waals surface area contributed by atoms with Crippen molar-refractivity contribution in [2.45, 2.75) is 50.7 Å². The van der Waals surface area contributed by atoms with Crippen LogP contribution in [-0.4, -0.2) is 42.7 Å². The van der Waals surface area contributed by atoms with Gasteiger partial charge in [-0.3, -0.25) is 14.6 Å². The first-order valence-electron chi connectivity index (χ1n) is 12.0. The molecule has 0 aliphatic heterocycles. The Labute approximate surface area is 223 Å². The molecule has 0 spiro atoms. The second-order valence-electron chi connectivity index (χ2n) is 8.51. The maximum absolute atomic E-state index is 13.3. The summed E-state index contributed by atoms with van der Waals surface area (Å²) in [7, 11) is -3.54. The number of sulfonamides is 1. The van der Waals surface area contributed by atoms with Crippen LogP contribution in [0.15, 0.2) is 77.8 Å². The van der Waals surface area contributed by atoms with Gasteiger partial charge in [0.05, 0.1) is 17.1 Å². The molecule has 1 atom stereocenters. The zero-order chi connectivity index (χ0) is 26.8. The van der Waals surface area contributed by atoms with Gasteiger partial charge in [0.2, 0.25) is 21.8 Å². The third-order valence-corrected chi connectivity index (χ3v) is 7.61. The van der Waals surface area contributed by atoms with Gasteiger partial charge in [-0.2, -0.15) is 0 Å². The number of nitrogens with zero attached hydrogens (tertiary/aromatic N) is 2. The van der Waals surface area contributed by atoms with Crippen LogP contribution in [0.4, 0.5) is 0 Å². The summed E-state index contributed by atoms with van der Waals surface area (Å²) in [5.74, 6) is -0.481. The van der Waals surface area contributed by atoms with Crippen molar-refractivity contribution in [3.63, 3.8) is 0 Å². The Balaban J connectivity index is 1.69. The molecule has 1 aromatic heterocycles. The highest BCUT2D eigenvalue weighted by Crippen LogP contribution is 2.17. The molecule has 0 aliphatic carbocycles. The maximum atomic E-state index is 13.3. The lowest BCUT2D eigenvalue weighted by Crippen LogP contribution is -2.47. The molecule has 10 heteroatoms. The van der Waals surface area contributed by atoms with E-state index in [4.69, 9.17) is 11.6 Å². The normalized spacial score (nSPS) is 12.1. The molecule has 1 heterocycles. The first-order chi connectivity index (χ1) is 17.7. The van der Waals surface area contributed by atoms with Gasteiger partial charge in [-0.1, -0.05) is 48.9 Å². The molecule has 1 unspecified atom stereocenters. The number of aromatic nitrogens is 1. The number of carbonyl (C=O) groups is 2. The molecule has 2 aromatic carbocycles. The lowest BCUT2D eigenvalue weighted by Gasteiger charge is -2.29. The van der Waals surface area contributed by atoms with Crippen molar-refractivity contribution < 1.29 is 18.0 Å². The molecular weight excluding hydrogens is 512 g/mol. The Kier molecular flexibility index (Phi) is 10.2. The zero-order valence-corrected chi connectivity index (χ0v) is 22.4. The smallest absolute Gasteiger partial charge is 0.242 e. The van der Waals surface area contributed by atoms with Crippen LogP contribution in [0.2, 0.25) is 5.02 Å². The molecule has 0 saturated carbocycles. The summed E-state index contributed by atoms with van der Waals surface area (Å²) in [5, 5.41) is 3.44. The first-order valence-corrected chi connectivity index (χ1v) is 13.9. The van der Waals surface area contributed by atoms with E-state index in [1.807, 2.05) is 24.3 Å². The Morgan fingerprint density at radius 1 is 1.00 bits per heavy atom. The van der Waals surface area contributed by atoms with Crippen LogP contribution in [0, 0.1) is 0 Å². The van der Waals surface area contributed by atoms with Gasteiger partial charge in [0.25, 0.3) is 0 Å². The second kappa shape index (κ2) is 13.3. The Bertz CT molecular complexity index is 1280. The summed E-state index contributed by atoms with van der Waals surface area (Å²) < 4.78 is 26.8. The van der Waals surface area contributed by atoms with E-state index in [9.17, 15) is 18.0 Å². The van der Waals surface area contributed by atoms with Crippen LogP contribution in [0.3, 0.4) is 0 Å². The molecule has 3 rings (SSSR count). The van der Waals surface area contributed by atoms with E-state index in [-0.39, 0.29) is 36.2 Å². The van der Waals surface area contributed by atoms with E-state index >= 15 is 0 Å². The second-order valence-corrected chi connectivity index (χ2v) is 10.7. The topological polar surface area (TPSA) is 108 Å². The maximum Gasteiger partial charge on any atom is 0.242 e. The van der Waals surface area contributed by atoms with Crippen LogP contribution in [0.1, 0.15) is 37.1 Å². The number of aryl methyl sites for hydroxylation is 1. The summed E-state index contributed by atoms with van der Waals surface area (Å²) in [5.41, 5.74) is 2.39. The SMILES string of the molecule is CCNS(=O)(=O)c1ccc(CCC(=O)N(Cc2ccc(Cl)cc2)C(C)C(=O)NCc2ccccn2)cc1. The molecular formula is C27H31ClN4O4S. The van der Waals surface area contributed by atoms with Crippen molar-refractivity contribution in [1.82, 2.24) is 19.9 Å². The summed E-state index contributed by atoms with van der Waals surface area (Å²) in [6, 6.07) is 18.3. The van der Waals surface area contributed by atoms with Gasteiger partial charge in [0, 0.05) is 30.7 Å². The average Bonchev–Trinajstić information content (AvgIpc) is 2.90. The molecule has 37 heavy (non-hydrogen) atoms. The van der Waals surface area contributed by atoms with Crippen molar-refractivity contribution in [2.75, 3.05) is 6.54 Å². The lowest BCUT2D eigenvalue weighted by atomic mass is 10.1. The zero-order valence-electron chi connectivity index (χ0n) is 20.9. The number of amides is 2. The van der Waals surface area contributed by atoms with Crippen LogP contribution < -0.4 is 10.0 Å². The minimum Gasteiger partial charge on any atom is -0.349 e. The average molecular weight is 543 g/mol. The minimum absolute atomic E-state index is 0.157. The van der Waals surface area contributed by atoms with E-state index in [1.165, 1.54) is 12.1 Å². The van der Waals surface area contributed by atoms with Crippen molar-refractivity contribution in [1.29, 1.82) is 0 Å². The number of hydrogen-bond donors (Lipinski definition) is 2. The predicted octanol–water partition coefficient (Wildman–Crippen LogP) is 3.70. The van der Waals surface area contributed by atoms with Gasteiger partial charge in [0.1, 0.15) is 6.04 Å². The van der Waals surface area contributed by atoms with E-state index < -0.39 is 16.1 Å². The summed E-state index contributed by atoms with van der Waals surface area (Å²) >= 11 is 6.01. The van der Waals surface area contributed by atoms with Crippen molar-refractivity contribution in [2.24, 2.45) is 0 Å². The fourth-order valence-electron chi connectivity index (χ4n) is 3.70. The lowest BCUT2D eigenvalue weighted by molar-refractivity contribution is -0.140. The third-order valence-electron chi connectivity index (χ3n) is 5.80. The number of halogens is 1. The summed E-state index contributed by atoms with van der Waals surface area (Å²) in [6.07, 6.45) is 2.22. The van der Waals surface area contributed by atoms with Crippen LogP contribution in [0.5, 0.6) is 0 Å². The van der Waals surface area contributed by atoms with E-state index in [0.29, 0.717) is 18.0 Å². The minimum atomic E-state index is -3.54. The van der Waals surface area contributed by atoms with Crippen molar-refractivity contribution in [3.8, 4) is 0 Å². The fraction of sp³-hybridized carbons (Fsp3) is 0.296. The standard InChI is InChI=1S/C27H31ClN4O4S/c1-3-31-37(35,36)25-14-9-21(10-15-25)11-16-26(33)32(19-22-7-12-23(28)13-8-22)20(2)27(34)30-18-24-6-4-5-17-29-24/h4-10,12-15,17,20,31H,3,11,16,18-19H2,1-2H3,(H,30,34). The van der Waals surface area contributed by atoms with Crippen molar-refractivity contribution in [3.05, 3.63) is 94.8 Å². The molecule has 8 nitrogen and oxygen atoms in total.